The number of carbonyl (C=O) groups is 1. The third-order valence-corrected chi connectivity index (χ3v) is 6.49. The standard InChI is InChI=1S/C22H21BrN2O4S/c23-18-11-13-19(14-12-18)25(30(27,28)21-9-5-2-6-10-21)17-22(26)24-15-16-29-20-7-3-1-4-8-20/h1-14H,15-17H2,(H,24,26). The highest BCUT2D eigenvalue weighted by molar-refractivity contribution is 9.10. The highest BCUT2D eigenvalue weighted by Gasteiger charge is 2.26. The fourth-order valence-corrected chi connectivity index (χ4v) is 4.41. The summed E-state index contributed by atoms with van der Waals surface area (Å²) < 4.78 is 33.8. The Morgan fingerprint density at radius 3 is 2.13 bits per heavy atom. The summed E-state index contributed by atoms with van der Waals surface area (Å²) in [6.07, 6.45) is 0. The average Bonchev–Trinajstić information content (AvgIpc) is 2.77. The van der Waals surface area contributed by atoms with E-state index in [1.807, 2.05) is 30.3 Å². The molecule has 1 amide bonds. The molecule has 0 spiro atoms. The molecule has 30 heavy (non-hydrogen) atoms. The predicted molar refractivity (Wildman–Crippen MR) is 120 cm³/mol. The topological polar surface area (TPSA) is 75.7 Å². The van der Waals surface area contributed by atoms with E-state index < -0.39 is 15.9 Å². The van der Waals surface area contributed by atoms with Gasteiger partial charge >= 0.3 is 0 Å². The molecular weight excluding hydrogens is 468 g/mol. The number of para-hydroxylation sites is 1. The van der Waals surface area contributed by atoms with Gasteiger partial charge in [-0.2, -0.15) is 0 Å². The first-order chi connectivity index (χ1) is 14.5. The fourth-order valence-electron chi connectivity index (χ4n) is 2.70. The average molecular weight is 489 g/mol. The predicted octanol–water partition coefficient (Wildman–Crippen LogP) is 3.84. The van der Waals surface area contributed by atoms with Crippen molar-refractivity contribution in [3.05, 3.63) is 89.4 Å². The van der Waals surface area contributed by atoms with Crippen LogP contribution in [0.4, 0.5) is 5.69 Å². The van der Waals surface area contributed by atoms with Crippen molar-refractivity contribution < 1.29 is 17.9 Å². The van der Waals surface area contributed by atoms with Crippen molar-refractivity contribution in [3.8, 4) is 5.75 Å². The fraction of sp³-hybridized carbons (Fsp3) is 0.136. The van der Waals surface area contributed by atoms with Crippen LogP contribution in [0.1, 0.15) is 0 Å². The minimum absolute atomic E-state index is 0.119. The van der Waals surface area contributed by atoms with Crippen LogP contribution in [0, 0.1) is 0 Å². The minimum Gasteiger partial charge on any atom is -0.492 e. The van der Waals surface area contributed by atoms with Crippen LogP contribution in [-0.4, -0.2) is 34.0 Å². The molecule has 0 radical (unpaired) electrons. The lowest BCUT2D eigenvalue weighted by Crippen LogP contribution is -2.41. The number of rotatable bonds is 9. The summed E-state index contributed by atoms with van der Waals surface area (Å²) in [5, 5.41) is 2.71. The van der Waals surface area contributed by atoms with E-state index >= 15 is 0 Å². The van der Waals surface area contributed by atoms with Gasteiger partial charge in [0.1, 0.15) is 18.9 Å². The number of carbonyl (C=O) groups excluding carboxylic acids is 1. The molecule has 0 heterocycles. The minimum atomic E-state index is -3.91. The number of anilines is 1. The summed E-state index contributed by atoms with van der Waals surface area (Å²) in [5.41, 5.74) is 0.401. The number of hydrogen-bond acceptors (Lipinski definition) is 4. The molecule has 3 aromatic carbocycles. The van der Waals surface area contributed by atoms with Crippen LogP contribution in [0.25, 0.3) is 0 Å². The van der Waals surface area contributed by atoms with Crippen molar-refractivity contribution in [2.45, 2.75) is 4.90 Å². The summed E-state index contributed by atoms with van der Waals surface area (Å²) in [5.74, 6) is 0.281. The second kappa shape index (κ2) is 10.3. The number of halogens is 1. The van der Waals surface area contributed by atoms with Gasteiger partial charge in [-0.25, -0.2) is 8.42 Å². The second-order valence-corrected chi connectivity index (χ2v) is 9.09. The van der Waals surface area contributed by atoms with Gasteiger partial charge < -0.3 is 10.1 Å². The van der Waals surface area contributed by atoms with Crippen LogP contribution in [0.5, 0.6) is 5.75 Å². The Labute approximate surface area is 184 Å². The van der Waals surface area contributed by atoms with Crippen molar-refractivity contribution in [2.75, 3.05) is 24.0 Å². The van der Waals surface area contributed by atoms with Gasteiger partial charge in [-0.15, -0.1) is 0 Å². The van der Waals surface area contributed by atoms with Crippen molar-refractivity contribution >= 4 is 37.5 Å². The smallest absolute Gasteiger partial charge is 0.264 e. The zero-order valence-electron chi connectivity index (χ0n) is 16.1. The van der Waals surface area contributed by atoms with Crippen molar-refractivity contribution in [1.82, 2.24) is 5.32 Å². The first kappa shape index (κ1) is 21.9. The maximum Gasteiger partial charge on any atom is 0.264 e. The molecule has 0 aromatic heterocycles. The third kappa shape index (κ3) is 5.84. The SMILES string of the molecule is O=C(CN(c1ccc(Br)cc1)S(=O)(=O)c1ccccc1)NCCOc1ccccc1. The van der Waals surface area contributed by atoms with Gasteiger partial charge in [0, 0.05) is 4.47 Å². The summed E-state index contributed by atoms with van der Waals surface area (Å²) in [6.45, 7) is 0.191. The molecular formula is C22H21BrN2O4S. The molecule has 0 aliphatic heterocycles. The van der Waals surface area contributed by atoms with E-state index in [0.29, 0.717) is 11.4 Å². The molecule has 3 rings (SSSR count). The van der Waals surface area contributed by atoms with Gasteiger partial charge in [-0.3, -0.25) is 9.10 Å². The van der Waals surface area contributed by atoms with Crippen molar-refractivity contribution in [3.63, 3.8) is 0 Å². The van der Waals surface area contributed by atoms with Gasteiger partial charge in [0.05, 0.1) is 17.1 Å². The van der Waals surface area contributed by atoms with Gasteiger partial charge in [0.25, 0.3) is 10.0 Å². The van der Waals surface area contributed by atoms with Gasteiger partial charge in [-0.05, 0) is 48.5 Å². The molecule has 6 nitrogen and oxygen atoms in total. The Hall–Kier alpha value is -2.84. The van der Waals surface area contributed by atoms with Gasteiger partial charge in [-0.1, -0.05) is 52.3 Å². The number of sulfonamides is 1. The Kier molecular flexibility index (Phi) is 7.48. The molecule has 0 bridgehead atoms. The molecule has 156 valence electrons. The van der Waals surface area contributed by atoms with Gasteiger partial charge in [0.2, 0.25) is 5.91 Å². The second-order valence-electron chi connectivity index (χ2n) is 6.31. The summed E-state index contributed by atoms with van der Waals surface area (Å²) in [6, 6.07) is 24.1. The van der Waals surface area contributed by atoms with E-state index in [1.165, 1.54) is 12.1 Å². The van der Waals surface area contributed by atoms with E-state index in [9.17, 15) is 13.2 Å². The lowest BCUT2D eigenvalue weighted by molar-refractivity contribution is -0.119. The first-order valence-corrected chi connectivity index (χ1v) is 11.5. The molecule has 0 saturated carbocycles. The van der Waals surface area contributed by atoms with Gasteiger partial charge in [0.15, 0.2) is 0 Å². The molecule has 0 saturated heterocycles. The monoisotopic (exact) mass is 488 g/mol. The maximum absolute atomic E-state index is 13.2. The molecule has 8 heteroatoms. The molecule has 0 aliphatic carbocycles. The molecule has 0 aliphatic rings. The number of ether oxygens (including phenoxy) is 1. The third-order valence-electron chi connectivity index (χ3n) is 4.17. The Bertz CT molecular complexity index is 1060. The van der Waals surface area contributed by atoms with Crippen LogP contribution in [0.2, 0.25) is 0 Å². The van der Waals surface area contributed by atoms with Crippen LogP contribution >= 0.6 is 15.9 Å². The lowest BCUT2D eigenvalue weighted by atomic mass is 10.3. The number of amides is 1. The largest absolute Gasteiger partial charge is 0.492 e. The van der Waals surface area contributed by atoms with Crippen LogP contribution < -0.4 is 14.4 Å². The van der Waals surface area contributed by atoms with Crippen LogP contribution in [0.15, 0.2) is 94.3 Å². The zero-order chi connectivity index (χ0) is 21.4. The summed E-state index contributed by atoms with van der Waals surface area (Å²) in [7, 11) is -3.91. The number of hydrogen-bond donors (Lipinski definition) is 1. The highest BCUT2D eigenvalue weighted by Crippen LogP contribution is 2.25. The molecule has 0 fully saturated rings. The van der Waals surface area contributed by atoms with E-state index in [1.54, 1.807) is 42.5 Å². The molecule has 0 unspecified atom stereocenters. The van der Waals surface area contributed by atoms with E-state index in [-0.39, 0.29) is 24.6 Å². The Morgan fingerprint density at radius 2 is 1.50 bits per heavy atom. The number of benzene rings is 3. The number of nitrogens with one attached hydrogen (secondary N) is 1. The normalized spacial score (nSPS) is 11.0. The number of nitrogens with zero attached hydrogens (tertiary/aromatic N) is 1. The maximum atomic E-state index is 13.2. The van der Waals surface area contributed by atoms with Crippen molar-refractivity contribution in [2.24, 2.45) is 0 Å². The van der Waals surface area contributed by atoms with Crippen LogP contribution in [-0.2, 0) is 14.8 Å². The highest BCUT2D eigenvalue weighted by atomic mass is 79.9. The van der Waals surface area contributed by atoms with E-state index in [2.05, 4.69) is 21.2 Å². The zero-order valence-corrected chi connectivity index (χ0v) is 18.5. The van der Waals surface area contributed by atoms with Crippen molar-refractivity contribution in [1.29, 1.82) is 0 Å². The molecule has 1 N–H and O–H groups in total. The first-order valence-electron chi connectivity index (χ1n) is 9.25. The summed E-state index contributed by atoms with van der Waals surface area (Å²) >= 11 is 3.34. The Balaban J connectivity index is 1.69. The quantitative estimate of drug-likeness (QED) is 0.464. The lowest BCUT2D eigenvalue weighted by Gasteiger charge is -2.24. The molecule has 3 aromatic rings. The van der Waals surface area contributed by atoms with E-state index in [0.717, 1.165) is 8.78 Å². The van der Waals surface area contributed by atoms with Crippen LogP contribution in [0.3, 0.4) is 0 Å². The Morgan fingerprint density at radius 1 is 0.900 bits per heavy atom. The molecule has 0 atom stereocenters. The van der Waals surface area contributed by atoms with E-state index in [4.69, 9.17) is 4.74 Å². The summed E-state index contributed by atoms with van der Waals surface area (Å²) in [4.78, 5) is 12.6.